The van der Waals surface area contributed by atoms with E-state index in [2.05, 4.69) is 4.98 Å². The molecule has 0 bridgehead atoms. The van der Waals surface area contributed by atoms with Gasteiger partial charge in [0, 0.05) is 11.8 Å². The van der Waals surface area contributed by atoms with E-state index in [4.69, 9.17) is 16.0 Å². The zero-order valence-corrected chi connectivity index (χ0v) is 12.6. The van der Waals surface area contributed by atoms with Crippen LogP contribution in [0, 0.1) is 5.92 Å². The molecule has 1 atom stereocenters. The van der Waals surface area contributed by atoms with Crippen LogP contribution in [-0.2, 0) is 6.42 Å². The summed E-state index contributed by atoms with van der Waals surface area (Å²) in [5.41, 5.74) is 1.79. The Morgan fingerprint density at radius 3 is 2.65 bits per heavy atom. The van der Waals surface area contributed by atoms with E-state index in [1.807, 2.05) is 24.3 Å². The summed E-state index contributed by atoms with van der Waals surface area (Å²) in [6.45, 7) is 0. The number of benzene rings is 1. The zero-order valence-electron chi connectivity index (χ0n) is 11.9. The lowest BCUT2D eigenvalue weighted by atomic mass is 9.94. The molecule has 1 aromatic carbocycles. The topological polar surface area (TPSA) is 26.0 Å². The van der Waals surface area contributed by atoms with Gasteiger partial charge < -0.3 is 4.42 Å². The molecule has 2 nitrogen and oxygen atoms in total. The molecule has 0 radical (unpaired) electrons. The lowest BCUT2D eigenvalue weighted by Crippen LogP contribution is -2.11. The standard InChI is InChI=1S/C17H22ClNO/c18-14(11-13-7-3-1-2-4-8-13)12-17-19-15-9-5-6-10-16(15)20-17/h5-6,9-10,13-14H,1-4,7-8,11-12H2. The van der Waals surface area contributed by atoms with Crippen LogP contribution in [0.25, 0.3) is 11.1 Å². The lowest BCUT2D eigenvalue weighted by Gasteiger charge is -2.16. The Bertz CT molecular complexity index is 510. The van der Waals surface area contributed by atoms with Gasteiger partial charge in [0.1, 0.15) is 5.52 Å². The minimum absolute atomic E-state index is 0.145. The fraction of sp³-hybridized carbons (Fsp3) is 0.588. The van der Waals surface area contributed by atoms with Crippen molar-refractivity contribution in [1.82, 2.24) is 4.98 Å². The van der Waals surface area contributed by atoms with Crippen LogP contribution in [0.2, 0.25) is 0 Å². The number of halogens is 1. The van der Waals surface area contributed by atoms with Crippen LogP contribution in [0.15, 0.2) is 28.7 Å². The van der Waals surface area contributed by atoms with Gasteiger partial charge >= 0.3 is 0 Å². The summed E-state index contributed by atoms with van der Waals surface area (Å²) in [4.78, 5) is 4.51. The Labute approximate surface area is 125 Å². The SMILES string of the molecule is ClC(Cc1nc2ccccc2o1)CC1CCCCCC1. The second kappa shape index (κ2) is 6.62. The van der Waals surface area contributed by atoms with Gasteiger partial charge in [-0.25, -0.2) is 4.98 Å². The van der Waals surface area contributed by atoms with Crippen molar-refractivity contribution in [3.05, 3.63) is 30.2 Å². The molecule has 2 aromatic rings. The van der Waals surface area contributed by atoms with Gasteiger partial charge in [0.05, 0.1) is 0 Å². The lowest BCUT2D eigenvalue weighted by molar-refractivity contribution is 0.407. The zero-order chi connectivity index (χ0) is 13.8. The van der Waals surface area contributed by atoms with Crippen LogP contribution in [0.4, 0.5) is 0 Å². The summed E-state index contributed by atoms with van der Waals surface area (Å²) in [7, 11) is 0. The normalized spacial score (nSPS) is 19.1. The molecule has 20 heavy (non-hydrogen) atoms. The second-order valence-corrected chi connectivity index (χ2v) is 6.59. The van der Waals surface area contributed by atoms with E-state index in [1.54, 1.807) is 0 Å². The molecule has 1 aromatic heterocycles. The fourth-order valence-electron chi connectivity index (χ4n) is 3.24. The van der Waals surface area contributed by atoms with Gasteiger partial charge in [0.25, 0.3) is 0 Å². The van der Waals surface area contributed by atoms with Gasteiger partial charge in [0.2, 0.25) is 0 Å². The molecule has 1 aliphatic carbocycles. The van der Waals surface area contributed by atoms with Crippen molar-refractivity contribution in [3.8, 4) is 0 Å². The maximum absolute atomic E-state index is 6.53. The van der Waals surface area contributed by atoms with E-state index in [9.17, 15) is 0 Å². The minimum Gasteiger partial charge on any atom is -0.441 e. The van der Waals surface area contributed by atoms with Gasteiger partial charge in [0.15, 0.2) is 11.5 Å². The summed E-state index contributed by atoms with van der Waals surface area (Å²) in [6.07, 6.45) is 10.1. The number of hydrogen-bond acceptors (Lipinski definition) is 2. The summed E-state index contributed by atoms with van der Waals surface area (Å²) in [5.74, 6) is 1.57. The highest BCUT2D eigenvalue weighted by Gasteiger charge is 2.18. The molecule has 1 heterocycles. The highest BCUT2D eigenvalue weighted by molar-refractivity contribution is 6.20. The van der Waals surface area contributed by atoms with Crippen molar-refractivity contribution >= 4 is 22.7 Å². The predicted octanol–water partition coefficient (Wildman–Crippen LogP) is 5.34. The number of aromatic nitrogens is 1. The molecular formula is C17H22ClNO. The molecule has 0 spiro atoms. The van der Waals surface area contributed by atoms with Gasteiger partial charge in [-0.15, -0.1) is 11.6 Å². The van der Waals surface area contributed by atoms with Crippen LogP contribution < -0.4 is 0 Å². The number of rotatable bonds is 4. The maximum Gasteiger partial charge on any atom is 0.196 e. The van der Waals surface area contributed by atoms with Gasteiger partial charge in [-0.1, -0.05) is 50.7 Å². The smallest absolute Gasteiger partial charge is 0.196 e. The molecule has 3 rings (SSSR count). The Kier molecular flexibility index (Phi) is 4.62. The molecule has 1 saturated carbocycles. The highest BCUT2D eigenvalue weighted by atomic mass is 35.5. The predicted molar refractivity (Wildman–Crippen MR) is 83.2 cm³/mol. The van der Waals surface area contributed by atoms with E-state index in [1.165, 1.54) is 38.5 Å². The summed E-state index contributed by atoms with van der Waals surface area (Å²) in [5, 5.41) is 0.145. The molecule has 108 valence electrons. The number of para-hydroxylation sites is 2. The number of oxazole rings is 1. The van der Waals surface area contributed by atoms with Gasteiger partial charge in [-0.05, 0) is 24.5 Å². The Balaban J connectivity index is 1.58. The van der Waals surface area contributed by atoms with Gasteiger partial charge in [-0.2, -0.15) is 0 Å². The fourth-order valence-corrected chi connectivity index (χ4v) is 3.63. The van der Waals surface area contributed by atoms with Crippen LogP contribution >= 0.6 is 11.6 Å². The number of nitrogens with zero attached hydrogens (tertiary/aromatic N) is 1. The van der Waals surface area contributed by atoms with Crippen LogP contribution in [0.5, 0.6) is 0 Å². The highest BCUT2D eigenvalue weighted by Crippen LogP contribution is 2.29. The summed E-state index contributed by atoms with van der Waals surface area (Å²) >= 11 is 6.53. The molecule has 1 aliphatic rings. The van der Waals surface area contributed by atoms with E-state index >= 15 is 0 Å². The Hall–Kier alpha value is -1.02. The number of hydrogen-bond donors (Lipinski definition) is 0. The molecular weight excluding hydrogens is 270 g/mol. The maximum atomic E-state index is 6.53. The van der Waals surface area contributed by atoms with Crippen LogP contribution in [0.3, 0.4) is 0 Å². The van der Waals surface area contributed by atoms with E-state index in [0.29, 0.717) is 0 Å². The average Bonchev–Trinajstić information content (AvgIpc) is 2.66. The second-order valence-electron chi connectivity index (χ2n) is 5.97. The molecule has 3 heteroatoms. The monoisotopic (exact) mass is 291 g/mol. The van der Waals surface area contributed by atoms with Crippen molar-refractivity contribution in [1.29, 1.82) is 0 Å². The first-order valence-corrected chi connectivity index (χ1v) is 8.23. The van der Waals surface area contributed by atoms with Crippen molar-refractivity contribution in [2.75, 3.05) is 0 Å². The third-order valence-corrected chi connectivity index (χ3v) is 4.63. The third-order valence-electron chi connectivity index (χ3n) is 4.30. The van der Waals surface area contributed by atoms with Crippen molar-refractivity contribution in [3.63, 3.8) is 0 Å². The molecule has 0 aliphatic heterocycles. The first-order valence-electron chi connectivity index (χ1n) is 7.80. The molecule has 0 amide bonds. The quantitative estimate of drug-likeness (QED) is 0.561. The van der Waals surface area contributed by atoms with E-state index in [0.717, 1.165) is 35.7 Å². The van der Waals surface area contributed by atoms with Crippen molar-refractivity contribution in [2.24, 2.45) is 5.92 Å². The largest absolute Gasteiger partial charge is 0.441 e. The van der Waals surface area contributed by atoms with E-state index < -0.39 is 0 Å². The van der Waals surface area contributed by atoms with Gasteiger partial charge in [-0.3, -0.25) is 0 Å². The van der Waals surface area contributed by atoms with E-state index in [-0.39, 0.29) is 5.38 Å². The first kappa shape index (κ1) is 13.9. The number of fused-ring (bicyclic) bond motifs is 1. The van der Waals surface area contributed by atoms with Crippen molar-refractivity contribution < 1.29 is 4.42 Å². The molecule has 1 unspecified atom stereocenters. The first-order chi connectivity index (χ1) is 9.81. The average molecular weight is 292 g/mol. The number of alkyl halides is 1. The Morgan fingerprint density at radius 2 is 1.90 bits per heavy atom. The Morgan fingerprint density at radius 1 is 1.15 bits per heavy atom. The molecule has 1 fully saturated rings. The summed E-state index contributed by atoms with van der Waals surface area (Å²) < 4.78 is 5.76. The molecule has 0 N–H and O–H groups in total. The van der Waals surface area contributed by atoms with Crippen LogP contribution in [-0.4, -0.2) is 10.4 Å². The summed E-state index contributed by atoms with van der Waals surface area (Å²) in [6, 6.07) is 7.90. The third kappa shape index (κ3) is 3.54. The van der Waals surface area contributed by atoms with Crippen LogP contribution in [0.1, 0.15) is 50.8 Å². The molecule has 0 saturated heterocycles. The van der Waals surface area contributed by atoms with Crippen molar-refractivity contribution in [2.45, 2.75) is 56.7 Å². The minimum atomic E-state index is 0.145.